The SMILES string of the molecule is CNC(=O)C(CCSSC(C)(C)CCCC(=O)Nc1cc(COc2cc3c(cc2C)C(=O)N2c4ccccc4C[C@H]2C(O)C3)cc(COc2cc3c(cc2OC)C(=O)N2c4ccccc4C[C@H]2CC3)c1)S(=O)(=O)OC. The zero-order valence-electron chi connectivity index (χ0n) is 43.1. The molecule has 4 heterocycles. The number of anilines is 3. The van der Waals surface area contributed by atoms with Crippen LogP contribution in [0.15, 0.2) is 91.0 Å². The number of methoxy groups -OCH3 is 1. The number of hydrogen-bond donors (Lipinski definition) is 3. The highest BCUT2D eigenvalue weighted by Gasteiger charge is 2.42. The molecule has 2 unspecified atom stereocenters. The fourth-order valence-corrected chi connectivity index (χ4v) is 14.6. The number of carbonyl (C=O) groups excluding carboxylic acids is 4. The highest BCUT2D eigenvalue weighted by Crippen LogP contribution is 2.43. The smallest absolute Gasteiger partial charge is 0.279 e. The van der Waals surface area contributed by atoms with E-state index in [9.17, 15) is 32.7 Å². The number of para-hydroxylation sites is 2. The van der Waals surface area contributed by atoms with Gasteiger partial charge in [-0.1, -0.05) is 58.0 Å². The first-order valence-corrected chi connectivity index (χ1v) is 29.1. The second-order valence-electron chi connectivity index (χ2n) is 20.2. The van der Waals surface area contributed by atoms with E-state index in [4.69, 9.17) is 14.2 Å². The van der Waals surface area contributed by atoms with Crippen LogP contribution in [0.25, 0.3) is 0 Å². The molecular formula is C57H64N4O11S3. The number of carbonyl (C=O) groups is 4. The van der Waals surface area contributed by atoms with Crippen LogP contribution in [-0.2, 0) is 62.8 Å². The second-order valence-corrected chi connectivity index (χ2v) is 25.2. The number of aliphatic hydroxyl groups excluding tert-OH is 1. The van der Waals surface area contributed by atoms with Crippen molar-refractivity contribution in [1.82, 2.24) is 5.32 Å². The van der Waals surface area contributed by atoms with E-state index < -0.39 is 27.4 Å². The first kappa shape index (κ1) is 53.8. The normalized spacial score (nSPS) is 18.1. The summed E-state index contributed by atoms with van der Waals surface area (Å²) in [6.07, 6.45) is 4.00. The molecule has 0 aromatic heterocycles. The maximum Gasteiger partial charge on any atom is 0.279 e. The van der Waals surface area contributed by atoms with Gasteiger partial charge in [0.15, 0.2) is 16.7 Å². The largest absolute Gasteiger partial charge is 0.493 e. The van der Waals surface area contributed by atoms with Gasteiger partial charge in [0.1, 0.15) is 19.0 Å². The van der Waals surface area contributed by atoms with Crippen LogP contribution in [0.5, 0.6) is 17.2 Å². The van der Waals surface area contributed by atoms with E-state index in [2.05, 4.69) is 34.7 Å². The molecule has 0 aliphatic carbocycles. The maximum absolute atomic E-state index is 14.2. The highest BCUT2D eigenvalue weighted by molar-refractivity contribution is 8.77. The van der Waals surface area contributed by atoms with E-state index in [1.807, 2.05) is 90.7 Å². The van der Waals surface area contributed by atoms with E-state index in [1.54, 1.807) is 28.9 Å². The van der Waals surface area contributed by atoms with Gasteiger partial charge in [0.2, 0.25) is 11.8 Å². The lowest BCUT2D eigenvalue weighted by atomic mass is 9.96. The third-order valence-electron chi connectivity index (χ3n) is 14.6. The summed E-state index contributed by atoms with van der Waals surface area (Å²) in [6, 6.07) is 28.7. The summed E-state index contributed by atoms with van der Waals surface area (Å²) in [4.78, 5) is 57.9. The molecule has 18 heteroatoms. The third-order valence-corrected chi connectivity index (χ3v) is 19.6. The van der Waals surface area contributed by atoms with Crippen LogP contribution in [-0.4, -0.2) is 92.4 Å². The number of ether oxygens (including phenoxy) is 3. The predicted molar refractivity (Wildman–Crippen MR) is 294 cm³/mol. The summed E-state index contributed by atoms with van der Waals surface area (Å²) in [5.74, 6) is 0.897. The van der Waals surface area contributed by atoms with Crippen molar-refractivity contribution >= 4 is 72.4 Å². The van der Waals surface area contributed by atoms with E-state index in [-0.39, 0.29) is 60.6 Å². The zero-order valence-corrected chi connectivity index (χ0v) is 45.6. The molecule has 9 rings (SSSR count). The number of fused-ring (bicyclic) bond motifs is 8. The van der Waals surface area contributed by atoms with E-state index in [0.29, 0.717) is 77.5 Å². The molecule has 75 heavy (non-hydrogen) atoms. The van der Waals surface area contributed by atoms with Gasteiger partial charge in [-0.3, -0.25) is 23.4 Å². The van der Waals surface area contributed by atoms with Gasteiger partial charge < -0.3 is 39.8 Å². The fourth-order valence-electron chi connectivity index (χ4n) is 10.7. The molecule has 4 aliphatic rings. The molecule has 0 fully saturated rings. The highest BCUT2D eigenvalue weighted by atomic mass is 33.1. The lowest BCUT2D eigenvalue weighted by Gasteiger charge is -2.26. The first-order chi connectivity index (χ1) is 36.0. The topological polar surface area (TPSA) is 190 Å². The Morgan fingerprint density at radius 2 is 1.44 bits per heavy atom. The van der Waals surface area contributed by atoms with E-state index in [1.165, 1.54) is 23.4 Å². The van der Waals surface area contributed by atoms with Crippen molar-refractivity contribution in [2.75, 3.05) is 42.1 Å². The molecule has 0 radical (unpaired) electrons. The minimum absolute atomic E-state index is 0.0550. The minimum Gasteiger partial charge on any atom is -0.493 e. The van der Waals surface area contributed by atoms with E-state index in [0.717, 1.165) is 59.1 Å². The van der Waals surface area contributed by atoms with Crippen LogP contribution >= 0.6 is 21.6 Å². The lowest BCUT2D eigenvalue weighted by Crippen LogP contribution is -2.43. The molecule has 396 valence electrons. The summed E-state index contributed by atoms with van der Waals surface area (Å²) in [7, 11) is 3.01. The summed E-state index contributed by atoms with van der Waals surface area (Å²) < 4.78 is 47.9. The van der Waals surface area contributed by atoms with Crippen molar-refractivity contribution in [3.8, 4) is 17.2 Å². The van der Waals surface area contributed by atoms with Crippen LogP contribution in [0.2, 0.25) is 0 Å². The number of aryl methyl sites for hydroxylation is 2. The molecule has 0 bridgehead atoms. The monoisotopic (exact) mass is 1080 g/mol. The predicted octanol–water partition coefficient (Wildman–Crippen LogP) is 8.92. The standard InChI is InChI=1S/C57H64N4O11S3/c1-34-22-43-40(28-48(62)47-27-39-13-8-10-15-46(39)61(47)56(43)66)30-49(34)71-32-35-23-36(25-41(24-35)59-53(63)16-11-20-57(2,3)74-73-21-19-52(54(64)58-4)75(67,68)70-6)33-72-51-29-37-17-18-42-26-38-12-7-9-14-45(38)60(42)55(65)44(37)31-50(51)69-5/h7-10,12-15,22-25,29-31,42,47-48,52,62H,11,16-21,26-28,32-33H2,1-6H3,(H,58,64)(H,59,63)/t42-,47+,48?,52?/m1/s1. The molecule has 0 saturated carbocycles. The van der Waals surface area contributed by atoms with Crippen molar-refractivity contribution in [3.63, 3.8) is 0 Å². The average Bonchev–Trinajstić information content (AvgIpc) is 3.92. The van der Waals surface area contributed by atoms with Gasteiger partial charge in [-0.15, -0.1) is 0 Å². The molecule has 4 amide bonds. The Kier molecular flexibility index (Phi) is 16.2. The molecule has 0 spiro atoms. The number of rotatable bonds is 20. The number of benzene rings is 5. The Balaban J connectivity index is 0.902. The van der Waals surface area contributed by atoms with Crippen molar-refractivity contribution in [2.24, 2.45) is 0 Å². The fraction of sp³-hybridized carbons (Fsp3) is 0.404. The summed E-state index contributed by atoms with van der Waals surface area (Å²) in [5, 5.41) is 15.7. The molecule has 0 saturated heterocycles. The first-order valence-electron chi connectivity index (χ1n) is 25.3. The molecule has 4 aliphatic heterocycles. The summed E-state index contributed by atoms with van der Waals surface area (Å²) in [6.45, 7) is 6.24. The number of amides is 4. The Hall–Kier alpha value is -6.05. The van der Waals surface area contributed by atoms with Gasteiger partial charge in [-0.2, -0.15) is 8.42 Å². The van der Waals surface area contributed by atoms with Crippen molar-refractivity contribution in [3.05, 3.63) is 141 Å². The Morgan fingerprint density at radius 1 is 0.800 bits per heavy atom. The van der Waals surface area contributed by atoms with E-state index >= 15 is 0 Å². The minimum atomic E-state index is -4.04. The van der Waals surface area contributed by atoms with Gasteiger partial charge in [-0.25, -0.2) is 0 Å². The summed E-state index contributed by atoms with van der Waals surface area (Å²) >= 11 is 0. The number of nitrogens with zero attached hydrogens (tertiary/aromatic N) is 2. The van der Waals surface area contributed by atoms with Crippen LogP contribution in [0, 0.1) is 6.92 Å². The van der Waals surface area contributed by atoms with Crippen LogP contribution in [0.1, 0.15) is 106 Å². The van der Waals surface area contributed by atoms with Crippen molar-refractivity contribution < 1.29 is 51.1 Å². The van der Waals surface area contributed by atoms with Gasteiger partial charge in [-0.05, 0) is 159 Å². The Labute approximate surface area is 446 Å². The molecule has 4 atom stereocenters. The van der Waals surface area contributed by atoms with Gasteiger partial charge in [0.25, 0.3) is 21.9 Å². The average molecular weight is 1080 g/mol. The van der Waals surface area contributed by atoms with Crippen molar-refractivity contribution in [2.45, 2.75) is 120 Å². The zero-order chi connectivity index (χ0) is 53.2. The quantitative estimate of drug-likeness (QED) is 0.0381. The molecule has 15 nitrogen and oxygen atoms in total. The van der Waals surface area contributed by atoms with Crippen molar-refractivity contribution in [1.29, 1.82) is 0 Å². The van der Waals surface area contributed by atoms with Gasteiger partial charge >= 0.3 is 0 Å². The maximum atomic E-state index is 14.2. The molecule has 5 aromatic carbocycles. The number of hydrogen-bond acceptors (Lipinski definition) is 13. The van der Waals surface area contributed by atoms with Gasteiger partial charge in [0.05, 0.1) is 26.4 Å². The van der Waals surface area contributed by atoms with Gasteiger partial charge in [0, 0.05) is 64.6 Å². The van der Waals surface area contributed by atoms with Crippen LogP contribution in [0.3, 0.4) is 0 Å². The number of nitrogens with one attached hydrogen (secondary N) is 2. The second kappa shape index (κ2) is 22.7. The van der Waals surface area contributed by atoms with Crippen LogP contribution in [0.4, 0.5) is 17.1 Å². The molecule has 5 aromatic rings. The Bertz CT molecular complexity index is 3130. The molecular weight excluding hydrogens is 1010 g/mol. The molecule has 3 N–H and O–H groups in total. The summed E-state index contributed by atoms with van der Waals surface area (Å²) in [5.41, 5.74) is 9.54. The third kappa shape index (κ3) is 11.7. The number of aliphatic hydroxyl groups is 1. The Morgan fingerprint density at radius 3 is 2.13 bits per heavy atom. The lowest BCUT2D eigenvalue weighted by molar-refractivity contribution is -0.120. The van der Waals surface area contributed by atoms with Crippen LogP contribution < -0.4 is 34.6 Å².